The maximum absolute atomic E-state index is 15.6. The van der Waals surface area contributed by atoms with Gasteiger partial charge in [-0.05, 0) is 54.4 Å². The van der Waals surface area contributed by atoms with E-state index in [0.29, 0.717) is 111 Å². The van der Waals surface area contributed by atoms with Crippen molar-refractivity contribution in [3.8, 4) is 16.9 Å². The summed E-state index contributed by atoms with van der Waals surface area (Å²) in [5, 5.41) is 2.53. The minimum atomic E-state index is -4.14. The van der Waals surface area contributed by atoms with Crippen LogP contribution in [0.2, 0.25) is 0 Å². The first-order chi connectivity index (χ1) is 30.6. The van der Waals surface area contributed by atoms with E-state index in [1.165, 1.54) is 17.9 Å². The van der Waals surface area contributed by atoms with Crippen molar-refractivity contribution in [2.24, 2.45) is 5.73 Å². The van der Waals surface area contributed by atoms with Gasteiger partial charge in [0.1, 0.15) is 28.9 Å². The van der Waals surface area contributed by atoms with Gasteiger partial charge in [-0.2, -0.15) is 0 Å². The zero-order valence-corrected chi connectivity index (χ0v) is 36.8. The highest BCUT2D eigenvalue weighted by atomic mass is 32.2. The number of sulfone groups is 1. The number of aromatic nitrogens is 1. The summed E-state index contributed by atoms with van der Waals surface area (Å²) in [5.74, 6) is -1.40. The van der Waals surface area contributed by atoms with E-state index in [1.807, 2.05) is 24.3 Å². The van der Waals surface area contributed by atoms with E-state index in [9.17, 15) is 18.0 Å². The van der Waals surface area contributed by atoms with Crippen molar-refractivity contribution in [1.82, 2.24) is 15.2 Å². The topological polar surface area (TPSA) is 232 Å². The highest BCUT2D eigenvalue weighted by Crippen LogP contribution is 2.31. The summed E-state index contributed by atoms with van der Waals surface area (Å²) in [4.78, 5) is 31.1. The third-order valence-corrected chi connectivity index (χ3v) is 11.1. The number of carbonyl (C=O) groups is 2. The number of hydrogen-bond donors (Lipinski definition) is 3. The molecule has 350 valence electrons. The maximum atomic E-state index is 15.6. The van der Waals surface area contributed by atoms with E-state index in [2.05, 4.69) is 10.3 Å². The standard InChI is InChI=1S/C43H62FN5O13S/c1-33-37(43(51)49-11-14-62-38-5-2-34(30-36(38)32-49)35-3-7-40(46)48-31-35)4-6-39(42(33)44)63(52,53)29-10-47-41(50)8-12-54-15-17-56-19-21-58-23-25-60-27-28-61-26-24-59-22-20-57-18-16-55-13-9-45/h2-7,30-31H,8-29,32,45H2,1H3,(H2,46,48)(H,47,50). The Morgan fingerprint density at radius 2 is 1.30 bits per heavy atom. The number of anilines is 1. The van der Waals surface area contributed by atoms with Crippen LogP contribution in [0.1, 0.15) is 27.9 Å². The van der Waals surface area contributed by atoms with Gasteiger partial charge in [-0.1, -0.05) is 6.07 Å². The Labute approximate surface area is 368 Å². The third-order valence-electron chi connectivity index (χ3n) is 9.40. The molecule has 2 aromatic carbocycles. The molecule has 20 heteroatoms. The van der Waals surface area contributed by atoms with Gasteiger partial charge in [0.2, 0.25) is 5.91 Å². The Morgan fingerprint density at radius 1 is 0.762 bits per heavy atom. The van der Waals surface area contributed by atoms with Gasteiger partial charge in [0, 0.05) is 48.9 Å². The molecule has 2 heterocycles. The van der Waals surface area contributed by atoms with Crippen molar-refractivity contribution < 1.29 is 65.0 Å². The highest BCUT2D eigenvalue weighted by Gasteiger charge is 2.27. The number of carbonyl (C=O) groups excluding carboxylic acids is 2. The van der Waals surface area contributed by atoms with Gasteiger partial charge in [0.15, 0.2) is 9.84 Å². The van der Waals surface area contributed by atoms with Crippen LogP contribution in [0.5, 0.6) is 5.75 Å². The summed E-state index contributed by atoms with van der Waals surface area (Å²) in [6.45, 7) is 8.93. The first-order valence-corrected chi connectivity index (χ1v) is 22.6. The molecular weight excluding hydrogens is 846 g/mol. The van der Waals surface area contributed by atoms with Gasteiger partial charge in [-0.15, -0.1) is 0 Å². The fourth-order valence-corrected chi connectivity index (χ4v) is 7.33. The molecule has 18 nitrogen and oxygen atoms in total. The number of fused-ring (bicyclic) bond motifs is 1. The number of halogens is 1. The molecule has 0 unspecified atom stereocenters. The Balaban J connectivity index is 1.01. The van der Waals surface area contributed by atoms with Gasteiger partial charge in [0.25, 0.3) is 5.91 Å². The molecule has 1 aliphatic heterocycles. The van der Waals surface area contributed by atoms with Crippen molar-refractivity contribution >= 4 is 27.5 Å². The second-order valence-electron chi connectivity index (χ2n) is 14.0. The number of nitrogens with zero attached hydrogens (tertiary/aromatic N) is 2. The van der Waals surface area contributed by atoms with Gasteiger partial charge in [0.05, 0.1) is 118 Å². The molecule has 5 N–H and O–H groups in total. The number of ether oxygens (including phenoxy) is 9. The Morgan fingerprint density at radius 3 is 1.84 bits per heavy atom. The summed E-state index contributed by atoms with van der Waals surface area (Å²) in [5.41, 5.74) is 13.5. The molecule has 0 atom stereocenters. The SMILES string of the molecule is Cc1c(C(=O)N2CCOc3ccc(-c4ccc(N)nc4)cc3C2)ccc(S(=O)(=O)CCNC(=O)CCOCCOCCOCCOCCOCCOCCOCCOCCN)c1F. The van der Waals surface area contributed by atoms with Crippen LogP contribution < -0.4 is 21.5 Å². The fraction of sp³-hybridized carbons (Fsp3) is 0.558. The molecule has 0 saturated carbocycles. The van der Waals surface area contributed by atoms with Crippen molar-refractivity contribution in [3.63, 3.8) is 0 Å². The minimum absolute atomic E-state index is 0.000637. The summed E-state index contributed by atoms with van der Waals surface area (Å²) in [6.07, 6.45) is 1.66. The Kier molecular flexibility index (Phi) is 23.7. The maximum Gasteiger partial charge on any atom is 0.254 e. The molecule has 0 aliphatic carbocycles. The van der Waals surface area contributed by atoms with Crippen LogP contribution in [0.4, 0.5) is 10.2 Å². The smallest absolute Gasteiger partial charge is 0.254 e. The molecule has 0 radical (unpaired) electrons. The van der Waals surface area contributed by atoms with Crippen molar-refractivity contribution in [2.75, 3.05) is 143 Å². The average molecular weight is 908 g/mol. The second-order valence-corrected chi connectivity index (χ2v) is 16.1. The molecule has 0 spiro atoms. The van der Waals surface area contributed by atoms with Gasteiger partial charge in [-0.25, -0.2) is 17.8 Å². The summed E-state index contributed by atoms with van der Waals surface area (Å²) in [6, 6.07) is 11.6. The first-order valence-electron chi connectivity index (χ1n) is 21.0. The average Bonchev–Trinajstić information content (AvgIpc) is 3.49. The molecule has 1 aliphatic rings. The summed E-state index contributed by atoms with van der Waals surface area (Å²) >= 11 is 0. The summed E-state index contributed by atoms with van der Waals surface area (Å²) < 4.78 is 91.0. The highest BCUT2D eigenvalue weighted by molar-refractivity contribution is 7.91. The largest absolute Gasteiger partial charge is 0.491 e. The number of benzene rings is 2. The number of amides is 2. The van der Waals surface area contributed by atoms with Crippen LogP contribution in [-0.4, -0.2) is 168 Å². The lowest BCUT2D eigenvalue weighted by Gasteiger charge is -2.22. The number of nitrogens with one attached hydrogen (secondary N) is 1. The number of hydrogen-bond acceptors (Lipinski definition) is 16. The van der Waals surface area contributed by atoms with E-state index >= 15 is 4.39 Å². The van der Waals surface area contributed by atoms with Crippen molar-refractivity contribution in [3.05, 3.63) is 71.2 Å². The quantitative estimate of drug-likeness (QED) is 0.0763. The van der Waals surface area contributed by atoms with Crippen LogP contribution in [0, 0.1) is 12.7 Å². The van der Waals surface area contributed by atoms with E-state index in [0.717, 1.165) is 22.8 Å². The number of rotatable bonds is 32. The predicted octanol–water partition coefficient (Wildman–Crippen LogP) is 2.18. The van der Waals surface area contributed by atoms with Crippen LogP contribution >= 0.6 is 0 Å². The number of nitrogen functional groups attached to an aromatic ring is 1. The summed E-state index contributed by atoms with van der Waals surface area (Å²) in [7, 11) is -4.14. The third kappa shape index (κ3) is 18.7. The molecule has 0 fully saturated rings. The zero-order valence-electron chi connectivity index (χ0n) is 36.0. The lowest BCUT2D eigenvalue weighted by atomic mass is 10.0. The van der Waals surface area contributed by atoms with Crippen molar-refractivity contribution in [1.29, 1.82) is 0 Å². The van der Waals surface area contributed by atoms with Gasteiger partial charge >= 0.3 is 0 Å². The fourth-order valence-electron chi connectivity index (χ4n) is 6.04. The van der Waals surface area contributed by atoms with E-state index < -0.39 is 38.1 Å². The van der Waals surface area contributed by atoms with Crippen LogP contribution in [0.25, 0.3) is 11.1 Å². The Hall–Kier alpha value is -4.35. The van der Waals surface area contributed by atoms with E-state index in [4.69, 9.17) is 54.1 Å². The van der Waals surface area contributed by atoms with Crippen LogP contribution in [0.3, 0.4) is 0 Å². The predicted molar refractivity (Wildman–Crippen MR) is 231 cm³/mol. The minimum Gasteiger partial charge on any atom is -0.491 e. The molecule has 2 amide bonds. The molecular formula is C43H62FN5O13S. The monoisotopic (exact) mass is 907 g/mol. The molecule has 3 aromatic rings. The molecule has 0 bridgehead atoms. The molecule has 4 rings (SSSR count). The van der Waals surface area contributed by atoms with Crippen molar-refractivity contribution in [2.45, 2.75) is 24.8 Å². The Bertz CT molecular complexity index is 1930. The lowest BCUT2D eigenvalue weighted by Crippen LogP contribution is -2.33. The van der Waals surface area contributed by atoms with Gasteiger partial charge < -0.3 is 64.3 Å². The first kappa shape index (κ1) is 51.3. The molecule has 1 aromatic heterocycles. The second kappa shape index (κ2) is 29.2. The molecule has 0 saturated heterocycles. The van der Waals surface area contributed by atoms with Crippen LogP contribution in [0.15, 0.2) is 53.6 Å². The zero-order chi connectivity index (χ0) is 45.1. The van der Waals surface area contributed by atoms with Gasteiger partial charge in [-0.3, -0.25) is 9.59 Å². The normalized spacial score (nSPS) is 12.8. The van der Waals surface area contributed by atoms with E-state index in [1.54, 1.807) is 12.3 Å². The lowest BCUT2D eigenvalue weighted by molar-refractivity contribution is -0.122. The molecule has 63 heavy (non-hydrogen) atoms. The number of nitrogens with two attached hydrogens (primary N) is 2. The van der Waals surface area contributed by atoms with E-state index in [-0.39, 0.29) is 57.0 Å². The number of pyridine rings is 1. The van der Waals surface area contributed by atoms with Crippen LogP contribution in [-0.2, 0) is 59.1 Å².